The Morgan fingerprint density at radius 2 is 2.18 bits per heavy atom. The quantitative estimate of drug-likeness (QED) is 0.583. The number of ketones is 1. The SMILES string of the molecule is NCC(=O)C1CCS(=O)(=O)C1. The van der Waals surface area contributed by atoms with Crippen molar-refractivity contribution in [3.05, 3.63) is 0 Å². The summed E-state index contributed by atoms with van der Waals surface area (Å²) in [6, 6.07) is 0. The van der Waals surface area contributed by atoms with Gasteiger partial charge in [-0.25, -0.2) is 8.42 Å². The second kappa shape index (κ2) is 2.91. The Hall–Kier alpha value is -0.420. The van der Waals surface area contributed by atoms with E-state index in [1.165, 1.54) is 0 Å². The van der Waals surface area contributed by atoms with Gasteiger partial charge in [-0.05, 0) is 6.42 Å². The van der Waals surface area contributed by atoms with Gasteiger partial charge in [0.25, 0.3) is 0 Å². The van der Waals surface area contributed by atoms with Crippen molar-refractivity contribution in [2.45, 2.75) is 6.42 Å². The first kappa shape index (κ1) is 8.67. The highest BCUT2D eigenvalue weighted by atomic mass is 32.2. The van der Waals surface area contributed by atoms with Gasteiger partial charge in [-0.3, -0.25) is 4.79 Å². The van der Waals surface area contributed by atoms with Crippen LogP contribution in [0.15, 0.2) is 0 Å². The molecule has 2 N–H and O–H groups in total. The summed E-state index contributed by atoms with van der Waals surface area (Å²) < 4.78 is 21.7. The first-order valence-corrected chi connectivity index (χ1v) is 5.30. The average molecular weight is 177 g/mol. The molecule has 1 aliphatic heterocycles. The number of sulfone groups is 1. The minimum absolute atomic E-state index is 0.00301. The number of hydrogen-bond acceptors (Lipinski definition) is 4. The van der Waals surface area contributed by atoms with E-state index < -0.39 is 9.84 Å². The molecule has 4 nitrogen and oxygen atoms in total. The third kappa shape index (κ3) is 2.00. The predicted molar refractivity (Wildman–Crippen MR) is 40.8 cm³/mol. The van der Waals surface area contributed by atoms with Gasteiger partial charge in [-0.2, -0.15) is 0 Å². The number of nitrogens with two attached hydrogens (primary N) is 1. The molecule has 0 aromatic carbocycles. The van der Waals surface area contributed by atoms with Crippen LogP contribution < -0.4 is 5.73 Å². The van der Waals surface area contributed by atoms with E-state index in [2.05, 4.69) is 0 Å². The molecular weight excluding hydrogens is 166 g/mol. The highest BCUT2D eigenvalue weighted by molar-refractivity contribution is 7.91. The summed E-state index contributed by atoms with van der Waals surface area (Å²) in [5, 5.41) is 0. The van der Waals surface area contributed by atoms with E-state index in [9.17, 15) is 13.2 Å². The Labute approximate surface area is 65.7 Å². The van der Waals surface area contributed by atoms with E-state index in [1.807, 2.05) is 0 Å². The van der Waals surface area contributed by atoms with Gasteiger partial charge >= 0.3 is 0 Å². The molecule has 0 bridgehead atoms. The molecule has 1 heterocycles. The zero-order valence-corrected chi connectivity index (χ0v) is 6.93. The Kier molecular flexibility index (Phi) is 2.29. The molecule has 0 saturated carbocycles. The molecule has 0 amide bonds. The number of Topliss-reactive ketones (excluding diaryl/α,β-unsaturated/α-hetero) is 1. The number of rotatable bonds is 2. The van der Waals surface area contributed by atoms with Crippen molar-refractivity contribution in [3.63, 3.8) is 0 Å². The van der Waals surface area contributed by atoms with Gasteiger partial charge in [-0.15, -0.1) is 0 Å². The van der Waals surface area contributed by atoms with Crippen molar-refractivity contribution in [3.8, 4) is 0 Å². The molecule has 0 aromatic heterocycles. The summed E-state index contributed by atoms with van der Waals surface area (Å²) in [4.78, 5) is 10.9. The summed E-state index contributed by atoms with van der Waals surface area (Å²) >= 11 is 0. The molecule has 0 radical (unpaired) electrons. The molecule has 0 aromatic rings. The van der Waals surface area contributed by atoms with Crippen LogP contribution in [0.3, 0.4) is 0 Å². The highest BCUT2D eigenvalue weighted by Gasteiger charge is 2.31. The van der Waals surface area contributed by atoms with Gasteiger partial charge in [0.15, 0.2) is 15.6 Å². The third-order valence-electron chi connectivity index (χ3n) is 1.89. The van der Waals surface area contributed by atoms with E-state index in [0.717, 1.165) is 0 Å². The van der Waals surface area contributed by atoms with Crippen molar-refractivity contribution in [2.24, 2.45) is 11.7 Å². The fourth-order valence-electron chi connectivity index (χ4n) is 1.22. The molecule has 1 atom stereocenters. The predicted octanol–water partition coefficient (Wildman–Crippen LogP) is -1.05. The third-order valence-corrected chi connectivity index (χ3v) is 3.66. The molecule has 1 fully saturated rings. The molecule has 5 heteroatoms. The second-order valence-electron chi connectivity index (χ2n) is 2.77. The van der Waals surface area contributed by atoms with Crippen LogP contribution in [0.5, 0.6) is 0 Å². The van der Waals surface area contributed by atoms with E-state index in [4.69, 9.17) is 5.73 Å². The van der Waals surface area contributed by atoms with Gasteiger partial charge < -0.3 is 5.73 Å². The largest absolute Gasteiger partial charge is 0.324 e. The molecule has 0 aliphatic carbocycles. The van der Waals surface area contributed by atoms with Gasteiger partial charge in [0.05, 0.1) is 18.1 Å². The van der Waals surface area contributed by atoms with Crippen molar-refractivity contribution in [2.75, 3.05) is 18.1 Å². The van der Waals surface area contributed by atoms with E-state index >= 15 is 0 Å². The second-order valence-corrected chi connectivity index (χ2v) is 5.00. The molecule has 1 saturated heterocycles. The molecule has 64 valence electrons. The van der Waals surface area contributed by atoms with Crippen LogP contribution >= 0.6 is 0 Å². The van der Waals surface area contributed by atoms with Gasteiger partial charge in [0, 0.05) is 5.92 Å². The monoisotopic (exact) mass is 177 g/mol. The standard InChI is InChI=1S/C6H11NO3S/c7-3-6(8)5-1-2-11(9,10)4-5/h5H,1-4,7H2. The molecule has 1 unspecified atom stereocenters. The Balaban J connectivity index is 2.62. The fraction of sp³-hybridized carbons (Fsp3) is 0.833. The van der Waals surface area contributed by atoms with Crippen LogP contribution in [0.4, 0.5) is 0 Å². The van der Waals surface area contributed by atoms with Gasteiger partial charge in [-0.1, -0.05) is 0 Å². The van der Waals surface area contributed by atoms with E-state index in [-0.39, 0.29) is 29.8 Å². The van der Waals surface area contributed by atoms with E-state index in [1.54, 1.807) is 0 Å². The summed E-state index contributed by atoms with van der Waals surface area (Å²) in [5.74, 6) is -0.317. The average Bonchev–Trinajstić information content (AvgIpc) is 2.29. The topological polar surface area (TPSA) is 77.2 Å². The normalized spacial score (nSPS) is 28.6. The maximum absolute atomic E-state index is 10.9. The van der Waals surface area contributed by atoms with Crippen LogP contribution in [-0.4, -0.2) is 32.3 Å². The summed E-state index contributed by atoms with van der Waals surface area (Å²) in [5.41, 5.74) is 5.10. The Morgan fingerprint density at radius 1 is 1.55 bits per heavy atom. The fourth-order valence-corrected chi connectivity index (χ4v) is 2.99. The lowest BCUT2D eigenvalue weighted by atomic mass is 10.0. The minimum atomic E-state index is -2.93. The summed E-state index contributed by atoms with van der Waals surface area (Å²) in [6.07, 6.45) is 0.457. The van der Waals surface area contributed by atoms with E-state index in [0.29, 0.717) is 6.42 Å². The Bertz CT molecular complexity index is 257. The minimum Gasteiger partial charge on any atom is -0.324 e. The first-order chi connectivity index (χ1) is 5.05. The molecule has 0 spiro atoms. The molecular formula is C6H11NO3S. The van der Waals surface area contributed by atoms with Crippen LogP contribution in [-0.2, 0) is 14.6 Å². The first-order valence-electron chi connectivity index (χ1n) is 3.48. The lowest BCUT2D eigenvalue weighted by molar-refractivity contribution is -0.120. The number of hydrogen-bond donors (Lipinski definition) is 1. The van der Waals surface area contributed by atoms with Crippen LogP contribution in [0.2, 0.25) is 0 Å². The molecule has 11 heavy (non-hydrogen) atoms. The Morgan fingerprint density at radius 3 is 2.55 bits per heavy atom. The maximum atomic E-state index is 10.9. The van der Waals surface area contributed by atoms with Crippen molar-refractivity contribution in [1.82, 2.24) is 0 Å². The van der Waals surface area contributed by atoms with Crippen molar-refractivity contribution >= 4 is 15.6 Å². The van der Waals surface area contributed by atoms with Crippen LogP contribution in [0.25, 0.3) is 0 Å². The zero-order chi connectivity index (χ0) is 8.48. The van der Waals surface area contributed by atoms with Crippen molar-refractivity contribution < 1.29 is 13.2 Å². The maximum Gasteiger partial charge on any atom is 0.151 e. The lowest BCUT2D eigenvalue weighted by Crippen LogP contribution is -2.23. The summed E-state index contributed by atoms with van der Waals surface area (Å²) in [7, 11) is -2.93. The number of carbonyl (C=O) groups is 1. The smallest absolute Gasteiger partial charge is 0.151 e. The summed E-state index contributed by atoms with van der Waals surface area (Å²) in [6.45, 7) is -0.0415. The molecule has 1 rings (SSSR count). The van der Waals surface area contributed by atoms with Crippen molar-refractivity contribution in [1.29, 1.82) is 0 Å². The van der Waals surface area contributed by atoms with Crippen LogP contribution in [0, 0.1) is 5.92 Å². The zero-order valence-electron chi connectivity index (χ0n) is 6.12. The number of carbonyl (C=O) groups excluding carboxylic acids is 1. The van der Waals surface area contributed by atoms with Gasteiger partial charge in [0.1, 0.15) is 0 Å². The van der Waals surface area contributed by atoms with Crippen LogP contribution in [0.1, 0.15) is 6.42 Å². The highest BCUT2D eigenvalue weighted by Crippen LogP contribution is 2.18. The molecule has 1 aliphatic rings. The van der Waals surface area contributed by atoms with Gasteiger partial charge in [0.2, 0.25) is 0 Å². The lowest BCUT2D eigenvalue weighted by Gasteiger charge is -2.01.